The fourth-order valence-electron chi connectivity index (χ4n) is 5.96. The molecule has 1 heterocycles. The average Bonchev–Trinajstić information content (AvgIpc) is 3.07. The summed E-state index contributed by atoms with van der Waals surface area (Å²) in [4.78, 5) is 26.1. The number of morpholine rings is 1. The van der Waals surface area contributed by atoms with Crippen LogP contribution in [0.15, 0.2) is 108 Å². The van der Waals surface area contributed by atoms with Crippen molar-refractivity contribution >= 4 is 27.5 Å². The molecule has 3 atom stereocenters. The molecule has 1 aliphatic heterocycles. The molecule has 4 aromatic rings. The second-order valence-corrected chi connectivity index (χ2v) is 14.0. The lowest BCUT2D eigenvalue weighted by molar-refractivity contribution is -0.118. The second kappa shape index (κ2) is 15.9. The molecule has 4 aromatic carbocycles. The fraction of sp³-hybridized carbons (Fsp3) is 0.297. The molecule has 252 valence electrons. The number of carbonyl (C=O) groups excluding carboxylic acids is 1. The number of hydrogen-bond donors (Lipinski definition) is 4. The number of carboxylic acid groups (broad SMARTS) is 1. The van der Waals surface area contributed by atoms with Gasteiger partial charge in [-0.15, -0.1) is 0 Å². The van der Waals surface area contributed by atoms with Crippen molar-refractivity contribution in [1.82, 2.24) is 10.6 Å². The quantitative estimate of drug-likeness (QED) is 0.153. The molecular weight excluding hydrogens is 630 g/mol. The zero-order valence-electron chi connectivity index (χ0n) is 27.0. The summed E-state index contributed by atoms with van der Waals surface area (Å²) >= 11 is 0. The maximum atomic E-state index is 13.9. The Morgan fingerprint density at radius 1 is 0.917 bits per heavy atom. The Morgan fingerprint density at radius 2 is 1.54 bits per heavy atom. The highest BCUT2D eigenvalue weighted by Crippen LogP contribution is 2.30. The maximum absolute atomic E-state index is 13.9. The van der Waals surface area contributed by atoms with Crippen molar-refractivity contribution in [3.05, 3.63) is 125 Å². The molecular formula is C37H41N3O7S. The zero-order chi connectivity index (χ0) is 34.1. The highest BCUT2D eigenvalue weighted by Gasteiger charge is 2.33. The topological polar surface area (TPSA) is 143 Å². The van der Waals surface area contributed by atoms with E-state index in [1.807, 2.05) is 91.9 Å². The third-order valence-corrected chi connectivity index (χ3v) is 9.46. The number of benzene rings is 4. The first-order valence-electron chi connectivity index (χ1n) is 15.9. The second-order valence-electron chi connectivity index (χ2n) is 12.0. The van der Waals surface area contributed by atoms with Crippen LogP contribution in [0, 0.1) is 6.92 Å². The summed E-state index contributed by atoms with van der Waals surface area (Å²) in [6.45, 7) is 3.39. The summed E-state index contributed by atoms with van der Waals surface area (Å²) in [5.41, 5.74) is 3.87. The highest BCUT2D eigenvalue weighted by molar-refractivity contribution is 7.90. The van der Waals surface area contributed by atoms with Crippen LogP contribution in [0.1, 0.15) is 34.6 Å². The molecule has 0 radical (unpaired) electrons. The average molecular weight is 672 g/mol. The van der Waals surface area contributed by atoms with Gasteiger partial charge in [-0.25, -0.2) is 13.2 Å². The maximum Gasteiger partial charge on any atom is 0.405 e. The summed E-state index contributed by atoms with van der Waals surface area (Å²) in [5.74, 6) is -0.414. The molecule has 0 spiro atoms. The zero-order valence-corrected chi connectivity index (χ0v) is 27.8. The van der Waals surface area contributed by atoms with E-state index in [9.17, 15) is 23.1 Å². The summed E-state index contributed by atoms with van der Waals surface area (Å²) in [6, 6.07) is 30.0. The SMILES string of the molecule is Cc1cc(S(C)(=O)=O)ccc1OC[C@@H]1CNC[C@@H](CCc2ccccc2NC(=O)[C@@H](NC(=O)O)C(c2ccccc2)c2ccccc2)O1. The van der Waals surface area contributed by atoms with Crippen LogP contribution in [0.2, 0.25) is 0 Å². The lowest BCUT2D eigenvalue weighted by Crippen LogP contribution is -2.47. The molecule has 0 bridgehead atoms. The lowest BCUT2D eigenvalue weighted by Gasteiger charge is -2.31. The van der Waals surface area contributed by atoms with Crippen LogP contribution in [0.4, 0.5) is 10.5 Å². The third-order valence-electron chi connectivity index (χ3n) is 8.35. The number of anilines is 1. The lowest BCUT2D eigenvalue weighted by atomic mass is 9.84. The van der Waals surface area contributed by atoms with E-state index in [0.29, 0.717) is 44.0 Å². The van der Waals surface area contributed by atoms with Crippen LogP contribution in [-0.4, -0.2) is 69.7 Å². The Kier molecular flexibility index (Phi) is 11.5. The van der Waals surface area contributed by atoms with E-state index in [4.69, 9.17) is 9.47 Å². The van der Waals surface area contributed by atoms with Gasteiger partial charge in [-0.05, 0) is 66.3 Å². The smallest absolute Gasteiger partial charge is 0.405 e. The van der Waals surface area contributed by atoms with Gasteiger partial charge in [0.2, 0.25) is 5.91 Å². The normalized spacial score (nSPS) is 17.0. The van der Waals surface area contributed by atoms with Gasteiger partial charge in [-0.3, -0.25) is 4.79 Å². The number of sulfone groups is 1. The van der Waals surface area contributed by atoms with Crippen LogP contribution in [-0.2, 0) is 25.8 Å². The van der Waals surface area contributed by atoms with E-state index in [2.05, 4.69) is 16.0 Å². The molecule has 5 rings (SSSR count). The molecule has 4 N–H and O–H groups in total. The number of amides is 2. The molecule has 0 aromatic heterocycles. The fourth-order valence-corrected chi connectivity index (χ4v) is 6.66. The largest absolute Gasteiger partial charge is 0.491 e. The number of ether oxygens (including phenoxy) is 2. The van der Waals surface area contributed by atoms with Crippen molar-refractivity contribution in [1.29, 1.82) is 0 Å². The minimum Gasteiger partial charge on any atom is -0.491 e. The Labute approximate surface area is 281 Å². The van der Waals surface area contributed by atoms with Crippen molar-refractivity contribution < 1.29 is 32.6 Å². The molecule has 1 saturated heterocycles. The van der Waals surface area contributed by atoms with E-state index >= 15 is 0 Å². The van der Waals surface area contributed by atoms with Gasteiger partial charge in [0.1, 0.15) is 24.5 Å². The van der Waals surface area contributed by atoms with Gasteiger partial charge in [-0.1, -0.05) is 78.9 Å². The van der Waals surface area contributed by atoms with Gasteiger partial charge in [-0.2, -0.15) is 0 Å². The van der Waals surface area contributed by atoms with Crippen molar-refractivity contribution in [2.45, 2.75) is 48.8 Å². The van der Waals surface area contributed by atoms with Crippen molar-refractivity contribution in [3.8, 4) is 5.75 Å². The predicted octanol–water partition coefficient (Wildman–Crippen LogP) is 5.17. The van der Waals surface area contributed by atoms with Crippen molar-refractivity contribution in [3.63, 3.8) is 0 Å². The number of hydrogen-bond acceptors (Lipinski definition) is 7. The monoisotopic (exact) mass is 671 g/mol. The number of nitrogens with one attached hydrogen (secondary N) is 3. The predicted molar refractivity (Wildman–Crippen MR) is 184 cm³/mol. The molecule has 0 saturated carbocycles. The molecule has 11 heteroatoms. The van der Waals surface area contributed by atoms with Crippen LogP contribution in [0.3, 0.4) is 0 Å². The summed E-state index contributed by atoms with van der Waals surface area (Å²) in [5, 5.41) is 18.7. The van der Waals surface area contributed by atoms with E-state index in [1.54, 1.807) is 18.2 Å². The minimum atomic E-state index is -3.30. The Morgan fingerprint density at radius 3 is 2.17 bits per heavy atom. The standard InChI is InChI=1S/C37H41N3O7S/c1-25-21-31(48(2,44)45)19-20-33(25)46-24-30-23-38-22-29(47-30)18-17-26-11-9-10-16-32(26)39-36(41)35(40-37(42)43)34(27-12-5-3-6-13-27)28-14-7-4-8-15-28/h3-16,19-21,29-30,34-35,38,40H,17-18,22-24H2,1-2H3,(H,39,41)(H,42,43)/t29-,30+,35+/m1/s1. The van der Waals surface area contributed by atoms with Gasteiger partial charge in [0.15, 0.2) is 9.84 Å². The minimum absolute atomic E-state index is 0.105. The van der Waals surface area contributed by atoms with Crippen LogP contribution < -0.4 is 20.7 Å². The highest BCUT2D eigenvalue weighted by atomic mass is 32.2. The molecule has 2 amide bonds. The van der Waals surface area contributed by atoms with Crippen molar-refractivity contribution in [2.24, 2.45) is 0 Å². The molecule has 48 heavy (non-hydrogen) atoms. The molecule has 1 fully saturated rings. The first kappa shape index (κ1) is 34.6. The summed E-state index contributed by atoms with van der Waals surface area (Å²) < 4.78 is 36.1. The number of carbonyl (C=O) groups is 2. The third kappa shape index (κ3) is 9.21. The molecule has 0 unspecified atom stereocenters. The van der Waals surface area contributed by atoms with Gasteiger partial charge in [0.05, 0.1) is 11.0 Å². The summed E-state index contributed by atoms with van der Waals surface area (Å²) in [6.07, 6.45) is 0.862. The number of para-hydroxylation sites is 1. The first-order valence-corrected chi connectivity index (χ1v) is 17.8. The van der Waals surface area contributed by atoms with Crippen molar-refractivity contribution in [2.75, 3.05) is 31.3 Å². The van der Waals surface area contributed by atoms with Crippen LogP contribution >= 0.6 is 0 Å². The molecule has 10 nitrogen and oxygen atoms in total. The van der Waals surface area contributed by atoms with E-state index in [0.717, 1.165) is 22.3 Å². The number of rotatable bonds is 13. The van der Waals surface area contributed by atoms with Crippen LogP contribution in [0.5, 0.6) is 5.75 Å². The van der Waals surface area contributed by atoms with E-state index < -0.39 is 33.8 Å². The summed E-state index contributed by atoms with van der Waals surface area (Å²) in [7, 11) is -3.30. The Hall–Kier alpha value is -4.71. The molecule has 1 aliphatic rings. The van der Waals surface area contributed by atoms with E-state index in [1.165, 1.54) is 6.26 Å². The van der Waals surface area contributed by atoms with Gasteiger partial charge < -0.3 is 30.5 Å². The van der Waals surface area contributed by atoms with Gasteiger partial charge in [0.25, 0.3) is 0 Å². The molecule has 0 aliphatic carbocycles. The van der Waals surface area contributed by atoms with E-state index in [-0.39, 0.29) is 17.1 Å². The van der Waals surface area contributed by atoms with Gasteiger partial charge >= 0.3 is 6.09 Å². The first-order chi connectivity index (χ1) is 23.1. The van der Waals surface area contributed by atoms with Crippen LogP contribution in [0.25, 0.3) is 0 Å². The number of aryl methyl sites for hydroxylation is 2. The van der Waals surface area contributed by atoms with Gasteiger partial charge in [0, 0.05) is 31.0 Å². The Bertz CT molecular complexity index is 1760. The Balaban J connectivity index is 1.24.